The average molecular weight is 422 g/mol. The van der Waals surface area contributed by atoms with Crippen LogP contribution >= 0.6 is 0 Å². The maximum absolute atomic E-state index is 13.5. The van der Waals surface area contributed by atoms with Crippen LogP contribution in [0.3, 0.4) is 0 Å². The van der Waals surface area contributed by atoms with Crippen LogP contribution < -0.4 is 4.90 Å². The molecule has 2 amide bonds. The molecule has 0 unspecified atom stereocenters. The van der Waals surface area contributed by atoms with Crippen LogP contribution in [0.4, 0.5) is 18.9 Å². The molecule has 0 N–H and O–H groups in total. The van der Waals surface area contributed by atoms with Crippen LogP contribution in [0.15, 0.2) is 18.3 Å². The van der Waals surface area contributed by atoms with E-state index in [0.29, 0.717) is 24.5 Å². The largest absolute Gasteiger partial charge is 0.370 e. The SMILES string of the molecule is C[C@H]1[C@H](C)n2ncc(N3CCOCC3=O)c2CN1C(=O)Cc1cc(F)c(F)c(F)c1. The minimum Gasteiger partial charge on any atom is -0.370 e. The van der Waals surface area contributed by atoms with Crippen LogP contribution in [0.2, 0.25) is 0 Å². The van der Waals surface area contributed by atoms with Crippen LogP contribution in [0.1, 0.15) is 31.1 Å². The van der Waals surface area contributed by atoms with Crippen molar-refractivity contribution in [2.24, 2.45) is 0 Å². The third kappa shape index (κ3) is 3.45. The number of carbonyl (C=O) groups excluding carboxylic acids is 2. The molecule has 160 valence electrons. The summed E-state index contributed by atoms with van der Waals surface area (Å²) in [5, 5.41) is 4.41. The zero-order chi connectivity index (χ0) is 21.6. The lowest BCUT2D eigenvalue weighted by atomic mass is 10.0. The first-order valence-corrected chi connectivity index (χ1v) is 9.65. The number of anilines is 1. The van der Waals surface area contributed by atoms with E-state index < -0.39 is 17.5 Å². The predicted molar refractivity (Wildman–Crippen MR) is 100 cm³/mol. The molecule has 30 heavy (non-hydrogen) atoms. The molecule has 7 nitrogen and oxygen atoms in total. The van der Waals surface area contributed by atoms with Crippen molar-refractivity contribution in [1.82, 2.24) is 14.7 Å². The average Bonchev–Trinajstić information content (AvgIpc) is 3.13. The number of halogens is 3. The van der Waals surface area contributed by atoms with Gasteiger partial charge in [-0.2, -0.15) is 5.10 Å². The Bertz CT molecular complexity index is 986. The first-order chi connectivity index (χ1) is 14.3. The van der Waals surface area contributed by atoms with Gasteiger partial charge in [0.15, 0.2) is 17.5 Å². The van der Waals surface area contributed by atoms with Crippen molar-refractivity contribution >= 4 is 17.5 Å². The lowest BCUT2D eigenvalue weighted by Gasteiger charge is -2.39. The molecular formula is C20H21F3N4O3. The number of fused-ring (bicyclic) bond motifs is 1. The summed E-state index contributed by atoms with van der Waals surface area (Å²) in [6.07, 6.45) is 1.34. The smallest absolute Gasteiger partial charge is 0.253 e. The van der Waals surface area contributed by atoms with Gasteiger partial charge in [0.25, 0.3) is 5.91 Å². The third-order valence-corrected chi connectivity index (χ3v) is 5.77. The maximum Gasteiger partial charge on any atom is 0.253 e. The first kappa shape index (κ1) is 20.4. The Morgan fingerprint density at radius 2 is 1.90 bits per heavy atom. The summed E-state index contributed by atoms with van der Waals surface area (Å²) in [6.45, 7) is 4.74. The summed E-state index contributed by atoms with van der Waals surface area (Å²) in [4.78, 5) is 28.4. The Morgan fingerprint density at radius 3 is 2.57 bits per heavy atom. The minimum atomic E-state index is -1.56. The number of nitrogens with zero attached hydrogens (tertiary/aromatic N) is 4. The molecule has 4 rings (SSSR count). The second kappa shape index (κ2) is 7.75. The molecule has 0 spiro atoms. The lowest BCUT2D eigenvalue weighted by molar-refractivity contribution is -0.135. The Kier molecular flexibility index (Phi) is 5.27. The van der Waals surface area contributed by atoms with E-state index in [2.05, 4.69) is 5.10 Å². The van der Waals surface area contributed by atoms with E-state index >= 15 is 0 Å². The molecule has 1 fully saturated rings. The first-order valence-electron chi connectivity index (χ1n) is 9.65. The number of benzene rings is 1. The summed E-state index contributed by atoms with van der Waals surface area (Å²) in [6, 6.07) is 1.24. The Hall–Kier alpha value is -2.88. The summed E-state index contributed by atoms with van der Waals surface area (Å²) in [5.74, 6) is -4.76. The Labute approximate surface area is 171 Å². The van der Waals surface area contributed by atoms with Crippen molar-refractivity contribution in [2.75, 3.05) is 24.7 Å². The van der Waals surface area contributed by atoms with Gasteiger partial charge >= 0.3 is 0 Å². The maximum atomic E-state index is 13.5. The molecule has 0 radical (unpaired) electrons. The number of ether oxygens (including phenoxy) is 1. The normalized spacial score (nSPS) is 21.7. The predicted octanol–water partition coefficient (Wildman–Crippen LogP) is 2.20. The summed E-state index contributed by atoms with van der Waals surface area (Å²) in [7, 11) is 0. The van der Waals surface area contributed by atoms with Crippen molar-refractivity contribution in [2.45, 2.75) is 38.9 Å². The number of morpholine rings is 1. The topological polar surface area (TPSA) is 67.7 Å². The van der Waals surface area contributed by atoms with Gasteiger partial charge in [-0.05, 0) is 31.5 Å². The van der Waals surface area contributed by atoms with Crippen molar-refractivity contribution < 1.29 is 27.5 Å². The molecule has 3 heterocycles. The number of hydrogen-bond donors (Lipinski definition) is 0. The number of carbonyl (C=O) groups is 2. The quantitative estimate of drug-likeness (QED) is 0.712. The van der Waals surface area contributed by atoms with Gasteiger partial charge in [0.1, 0.15) is 6.61 Å². The Morgan fingerprint density at radius 1 is 1.20 bits per heavy atom. The van der Waals surface area contributed by atoms with Crippen molar-refractivity contribution in [3.05, 3.63) is 47.0 Å². The fourth-order valence-electron chi connectivity index (χ4n) is 3.95. The molecule has 1 saturated heterocycles. The van der Waals surface area contributed by atoms with E-state index in [1.807, 2.05) is 13.8 Å². The molecule has 0 saturated carbocycles. The molecule has 2 aliphatic heterocycles. The molecule has 1 aromatic carbocycles. The zero-order valence-corrected chi connectivity index (χ0v) is 16.6. The van der Waals surface area contributed by atoms with Crippen molar-refractivity contribution in [1.29, 1.82) is 0 Å². The van der Waals surface area contributed by atoms with Gasteiger partial charge < -0.3 is 14.5 Å². The number of rotatable bonds is 3. The summed E-state index contributed by atoms with van der Waals surface area (Å²) < 4.78 is 47.2. The summed E-state index contributed by atoms with van der Waals surface area (Å²) >= 11 is 0. The highest BCUT2D eigenvalue weighted by molar-refractivity contribution is 5.95. The van der Waals surface area contributed by atoms with Gasteiger partial charge in [-0.15, -0.1) is 0 Å². The molecule has 2 aliphatic rings. The van der Waals surface area contributed by atoms with Crippen LogP contribution in [-0.2, 0) is 27.3 Å². The van der Waals surface area contributed by atoms with Gasteiger partial charge in [0, 0.05) is 6.54 Å². The Balaban J connectivity index is 1.60. The van der Waals surface area contributed by atoms with Gasteiger partial charge in [-0.25, -0.2) is 13.2 Å². The van der Waals surface area contributed by atoms with Crippen molar-refractivity contribution in [3.8, 4) is 0 Å². The van der Waals surface area contributed by atoms with Crippen molar-refractivity contribution in [3.63, 3.8) is 0 Å². The highest BCUT2D eigenvalue weighted by Crippen LogP contribution is 2.33. The van der Waals surface area contributed by atoms with Gasteiger partial charge in [0.05, 0.1) is 49.2 Å². The van der Waals surface area contributed by atoms with E-state index in [-0.39, 0.29) is 49.0 Å². The monoisotopic (exact) mass is 422 g/mol. The number of hydrogen-bond acceptors (Lipinski definition) is 4. The summed E-state index contributed by atoms with van der Waals surface area (Å²) in [5.41, 5.74) is 1.39. The van der Waals surface area contributed by atoms with Crippen LogP contribution in [0, 0.1) is 17.5 Å². The van der Waals surface area contributed by atoms with Gasteiger partial charge in [0.2, 0.25) is 5.91 Å². The third-order valence-electron chi connectivity index (χ3n) is 5.77. The fraction of sp³-hybridized carbons (Fsp3) is 0.450. The van der Waals surface area contributed by atoms with Crippen LogP contribution in [0.5, 0.6) is 0 Å². The number of aromatic nitrogens is 2. The fourth-order valence-corrected chi connectivity index (χ4v) is 3.95. The van der Waals surface area contributed by atoms with E-state index in [1.165, 1.54) is 0 Å². The van der Waals surface area contributed by atoms with Crippen LogP contribution in [0.25, 0.3) is 0 Å². The zero-order valence-electron chi connectivity index (χ0n) is 16.6. The molecule has 0 aliphatic carbocycles. The molecule has 2 aromatic rings. The molecule has 0 bridgehead atoms. The van der Waals surface area contributed by atoms with Crippen LogP contribution in [-0.4, -0.2) is 52.3 Å². The second-order valence-electron chi connectivity index (χ2n) is 7.57. The van der Waals surface area contributed by atoms with E-state index in [4.69, 9.17) is 4.74 Å². The van der Waals surface area contributed by atoms with E-state index in [1.54, 1.807) is 20.7 Å². The standard InChI is InChI=1S/C20H21F3N4O3/c1-11-12(2)27-17(16(8-24-27)25-3-4-30-10-19(25)29)9-26(11)18(28)7-13-5-14(21)20(23)15(22)6-13/h5-6,8,11-12H,3-4,7,9-10H2,1-2H3/t11-,12-/m0/s1. The molecule has 1 aromatic heterocycles. The van der Waals surface area contributed by atoms with E-state index in [9.17, 15) is 22.8 Å². The van der Waals surface area contributed by atoms with Gasteiger partial charge in [-0.1, -0.05) is 0 Å². The minimum absolute atomic E-state index is 0.0130. The molecule has 10 heteroatoms. The highest BCUT2D eigenvalue weighted by Gasteiger charge is 2.36. The molecule has 2 atom stereocenters. The second-order valence-corrected chi connectivity index (χ2v) is 7.57. The van der Waals surface area contributed by atoms with Gasteiger partial charge in [-0.3, -0.25) is 14.3 Å². The molecular weight excluding hydrogens is 401 g/mol. The lowest BCUT2D eigenvalue weighted by Crippen LogP contribution is -2.48. The number of amides is 2. The van der Waals surface area contributed by atoms with E-state index in [0.717, 1.165) is 12.1 Å². The highest BCUT2D eigenvalue weighted by atomic mass is 19.2.